The molecule has 0 fully saturated rings. The summed E-state index contributed by atoms with van der Waals surface area (Å²) in [5.41, 5.74) is 7.50. The molecule has 0 spiro atoms. The van der Waals surface area contributed by atoms with Crippen LogP contribution in [0.15, 0.2) is 65.3 Å². The zero-order valence-electron chi connectivity index (χ0n) is 15.4. The van der Waals surface area contributed by atoms with Crippen molar-refractivity contribution >= 4 is 39.2 Å². The van der Waals surface area contributed by atoms with E-state index in [4.69, 9.17) is 22.1 Å². The van der Waals surface area contributed by atoms with Crippen molar-refractivity contribution in [2.24, 2.45) is 5.73 Å². The van der Waals surface area contributed by atoms with Crippen LogP contribution >= 0.6 is 27.5 Å². The Bertz CT molecular complexity index is 1040. The second kappa shape index (κ2) is 9.67. The summed E-state index contributed by atoms with van der Waals surface area (Å²) in [7, 11) is 0. The maximum atomic E-state index is 12.7. The number of carbonyl (C=O) groups is 2. The van der Waals surface area contributed by atoms with Crippen LogP contribution in [0.3, 0.4) is 0 Å². The number of rotatable bonds is 8. The molecule has 2 aromatic carbocycles. The minimum absolute atomic E-state index is 0.125. The van der Waals surface area contributed by atoms with Gasteiger partial charge in [0.15, 0.2) is 5.78 Å². The van der Waals surface area contributed by atoms with Gasteiger partial charge in [-0.25, -0.2) is 0 Å². The quantitative estimate of drug-likeness (QED) is 0.375. The lowest BCUT2D eigenvalue weighted by atomic mass is 10.0. The van der Waals surface area contributed by atoms with Crippen molar-refractivity contribution in [3.05, 3.63) is 92.7 Å². The molecule has 1 aromatic heterocycles. The monoisotopic (exact) mass is 472 g/mol. The first kappa shape index (κ1) is 21.0. The Morgan fingerprint density at radius 1 is 1.07 bits per heavy atom. The molecule has 3 rings (SSSR count). The van der Waals surface area contributed by atoms with E-state index in [1.165, 1.54) is 0 Å². The molecular weight excluding hydrogens is 456 g/mol. The van der Waals surface area contributed by atoms with Crippen LogP contribution in [0, 0.1) is 0 Å². The number of carbonyl (C=O) groups excluding carboxylic acids is 2. The van der Waals surface area contributed by atoms with E-state index in [-0.39, 0.29) is 5.78 Å². The highest BCUT2D eigenvalue weighted by molar-refractivity contribution is 9.10. The molecular formula is C22H18BrClN2O3. The third-order valence-corrected chi connectivity index (χ3v) is 5.20. The minimum atomic E-state index is -0.486. The normalized spacial score (nSPS) is 10.6. The number of benzene rings is 2. The van der Waals surface area contributed by atoms with Crippen LogP contribution in [0.1, 0.15) is 38.4 Å². The molecule has 0 aliphatic carbocycles. The lowest BCUT2D eigenvalue weighted by Crippen LogP contribution is -2.15. The molecule has 148 valence electrons. The van der Waals surface area contributed by atoms with Crippen molar-refractivity contribution in [2.75, 3.05) is 6.61 Å². The molecule has 0 saturated heterocycles. The van der Waals surface area contributed by atoms with Crippen LogP contribution in [0.5, 0.6) is 5.75 Å². The van der Waals surface area contributed by atoms with Gasteiger partial charge in [0.2, 0.25) is 0 Å². The molecule has 0 aliphatic heterocycles. The smallest absolute Gasteiger partial charge is 0.250 e. The van der Waals surface area contributed by atoms with Gasteiger partial charge in [-0.1, -0.05) is 27.5 Å². The third kappa shape index (κ3) is 5.43. The first-order chi connectivity index (χ1) is 14.0. The van der Waals surface area contributed by atoms with Crippen LogP contribution < -0.4 is 10.5 Å². The fourth-order valence-corrected chi connectivity index (χ4v) is 3.42. The first-order valence-corrected chi connectivity index (χ1v) is 10.1. The molecule has 0 atom stereocenters. The van der Waals surface area contributed by atoms with Gasteiger partial charge >= 0.3 is 0 Å². The van der Waals surface area contributed by atoms with Gasteiger partial charge in [-0.3, -0.25) is 14.6 Å². The highest BCUT2D eigenvalue weighted by Crippen LogP contribution is 2.24. The zero-order chi connectivity index (χ0) is 20.8. The summed E-state index contributed by atoms with van der Waals surface area (Å²) >= 11 is 9.37. The number of nitrogens with zero attached hydrogens (tertiary/aromatic N) is 1. The summed E-state index contributed by atoms with van der Waals surface area (Å²) in [4.78, 5) is 28.3. The van der Waals surface area contributed by atoms with Crippen LogP contribution in [-0.4, -0.2) is 23.3 Å². The van der Waals surface area contributed by atoms with Gasteiger partial charge in [0, 0.05) is 26.8 Å². The molecule has 0 saturated carbocycles. The van der Waals surface area contributed by atoms with E-state index in [9.17, 15) is 9.59 Å². The molecule has 0 radical (unpaired) electrons. The van der Waals surface area contributed by atoms with Gasteiger partial charge in [-0.15, -0.1) is 0 Å². The lowest BCUT2D eigenvalue weighted by molar-refractivity contribution is 0.0997. The molecule has 3 aromatic rings. The van der Waals surface area contributed by atoms with Crippen LogP contribution in [0.25, 0.3) is 0 Å². The molecule has 29 heavy (non-hydrogen) atoms. The summed E-state index contributed by atoms with van der Waals surface area (Å²) in [5, 5.41) is 0.504. The standard InChI is InChI=1S/C22H18BrClN2O3/c23-19-10-7-15(24)13-18(19)21(27)14-5-8-16(9-6-14)29-12-2-4-20-17(22(25)28)3-1-11-26-20/h1,3,5-11,13H,2,4,12H2,(H2,25,28). The minimum Gasteiger partial charge on any atom is -0.494 e. The molecule has 1 amide bonds. The summed E-state index contributed by atoms with van der Waals surface area (Å²) in [5.74, 6) is 0.0449. The van der Waals surface area contributed by atoms with E-state index in [0.29, 0.717) is 57.1 Å². The number of aromatic nitrogens is 1. The Balaban J connectivity index is 1.57. The van der Waals surface area contributed by atoms with Gasteiger partial charge < -0.3 is 10.5 Å². The fourth-order valence-electron chi connectivity index (χ4n) is 2.82. The molecule has 0 aliphatic rings. The Hall–Kier alpha value is -2.70. The highest BCUT2D eigenvalue weighted by atomic mass is 79.9. The third-order valence-electron chi connectivity index (χ3n) is 4.27. The number of aryl methyl sites for hydroxylation is 1. The summed E-state index contributed by atoms with van der Waals surface area (Å²) in [6, 6.07) is 15.4. The van der Waals surface area contributed by atoms with Gasteiger partial charge in [-0.2, -0.15) is 0 Å². The maximum Gasteiger partial charge on any atom is 0.250 e. The Morgan fingerprint density at radius 2 is 1.83 bits per heavy atom. The predicted octanol–water partition coefficient (Wildman–Crippen LogP) is 4.84. The van der Waals surface area contributed by atoms with E-state index in [1.54, 1.807) is 60.8 Å². The number of primary amides is 1. The average molecular weight is 474 g/mol. The van der Waals surface area contributed by atoms with E-state index in [1.807, 2.05) is 0 Å². The number of nitrogens with two attached hydrogens (primary N) is 1. The lowest BCUT2D eigenvalue weighted by Gasteiger charge is -2.09. The number of amides is 1. The van der Waals surface area contributed by atoms with Crippen LogP contribution in [-0.2, 0) is 6.42 Å². The predicted molar refractivity (Wildman–Crippen MR) is 116 cm³/mol. The highest BCUT2D eigenvalue weighted by Gasteiger charge is 2.13. The van der Waals surface area contributed by atoms with E-state index in [2.05, 4.69) is 20.9 Å². The number of ether oxygens (including phenoxy) is 1. The second-order valence-corrected chi connectivity index (χ2v) is 7.58. The Kier molecular flexibility index (Phi) is 7.01. The van der Waals surface area contributed by atoms with Crippen molar-refractivity contribution in [3.8, 4) is 5.75 Å². The topological polar surface area (TPSA) is 82.3 Å². The molecule has 0 bridgehead atoms. The summed E-state index contributed by atoms with van der Waals surface area (Å²) < 4.78 is 6.42. The number of pyridine rings is 1. The Labute approximate surface area is 182 Å². The molecule has 0 unspecified atom stereocenters. The van der Waals surface area contributed by atoms with Gasteiger partial charge in [0.05, 0.1) is 17.9 Å². The molecule has 1 heterocycles. The fraction of sp³-hybridized carbons (Fsp3) is 0.136. The largest absolute Gasteiger partial charge is 0.494 e. The zero-order valence-corrected chi connectivity index (χ0v) is 17.7. The SMILES string of the molecule is NC(=O)c1cccnc1CCCOc1ccc(C(=O)c2cc(Cl)ccc2Br)cc1. The van der Waals surface area contributed by atoms with E-state index >= 15 is 0 Å². The van der Waals surface area contributed by atoms with Crippen LogP contribution in [0.2, 0.25) is 5.02 Å². The van der Waals surface area contributed by atoms with Crippen molar-refractivity contribution in [1.29, 1.82) is 0 Å². The van der Waals surface area contributed by atoms with Gasteiger partial charge in [0.25, 0.3) is 5.91 Å². The van der Waals surface area contributed by atoms with Crippen molar-refractivity contribution in [1.82, 2.24) is 4.98 Å². The molecule has 7 heteroatoms. The molecule has 5 nitrogen and oxygen atoms in total. The van der Waals surface area contributed by atoms with E-state index < -0.39 is 5.91 Å². The first-order valence-electron chi connectivity index (χ1n) is 8.92. The summed E-state index contributed by atoms with van der Waals surface area (Å²) in [6.07, 6.45) is 2.89. The molecule has 2 N–H and O–H groups in total. The van der Waals surface area contributed by atoms with Crippen LogP contribution in [0.4, 0.5) is 0 Å². The van der Waals surface area contributed by atoms with Crippen molar-refractivity contribution in [3.63, 3.8) is 0 Å². The van der Waals surface area contributed by atoms with E-state index in [0.717, 1.165) is 0 Å². The maximum absolute atomic E-state index is 12.7. The number of halogens is 2. The van der Waals surface area contributed by atoms with Crippen molar-refractivity contribution in [2.45, 2.75) is 12.8 Å². The Morgan fingerprint density at radius 3 is 2.55 bits per heavy atom. The van der Waals surface area contributed by atoms with Gasteiger partial charge in [0.1, 0.15) is 5.75 Å². The van der Waals surface area contributed by atoms with Gasteiger partial charge in [-0.05, 0) is 67.4 Å². The van der Waals surface area contributed by atoms with Crippen molar-refractivity contribution < 1.29 is 14.3 Å². The number of hydrogen-bond acceptors (Lipinski definition) is 4. The number of hydrogen-bond donors (Lipinski definition) is 1. The average Bonchev–Trinajstić information content (AvgIpc) is 2.73. The number of ketones is 1. The second-order valence-electron chi connectivity index (χ2n) is 6.29. The summed E-state index contributed by atoms with van der Waals surface area (Å²) in [6.45, 7) is 0.446.